The molecule has 6 nitrogen and oxygen atoms in total. The van der Waals surface area contributed by atoms with Gasteiger partial charge in [-0.2, -0.15) is 0 Å². The molecular formula is C37H42O6. The smallest absolute Gasteiger partial charge is 0.341 e. The van der Waals surface area contributed by atoms with Crippen LogP contribution in [0.25, 0.3) is 0 Å². The van der Waals surface area contributed by atoms with Crippen molar-refractivity contribution in [1.29, 1.82) is 0 Å². The van der Waals surface area contributed by atoms with E-state index in [1.807, 2.05) is 42.5 Å². The fourth-order valence-electron chi connectivity index (χ4n) is 6.27. The van der Waals surface area contributed by atoms with E-state index in [0.717, 1.165) is 5.56 Å². The second-order valence-electron chi connectivity index (χ2n) is 12.5. The molecule has 0 unspecified atom stereocenters. The molecular weight excluding hydrogens is 540 g/mol. The first kappa shape index (κ1) is 29.3. The number of phenols is 1. The van der Waals surface area contributed by atoms with E-state index < -0.39 is 5.97 Å². The van der Waals surface area contributed by atoms with E-state index in [2.05, 4.69) is 6.07 Å². The Labute approximate surface area is 254 Å². The molecule has 6 heteroatoms. The standard InChI is InChI=1S/C22H24O3.C15H18O3/c1-24-22(23)20-12-18(17-10-11-17)19(16-8-5-9-16)13-21(20)25-14-15-6-3-2-4-7-15;1-18-15(17)13-7-11(10-5-6-10)12(8-14(13)16)9-3-2-4-9/h2-4,6-7,12-13,16-17H,5,8-11,14H2,1H3;7-10,16H,2-6H2,1H3. The van der Waals surface area contributed by atoms with Gasteiger partial charge in [-0.25, -0.2) is 9.59 Å². The van der Waals surface area contributed by atoms with Crippen molar-refractivity contribution in [1.82, 2.24) is 0 Å². The fourth-order valence-corrected chi connectivity index (χ4v) is 6.27. The summed E-state index contributed by atoms with van der Waals surface area (Å²) < 4.78 is 15.8. The number of hydrogen-bond donors (Lipinski definition) is 1. The van der Waals surface area contributed by atoms with Crippen LogP contribution in [0.2, 0.25) is 0 Å². The maximum Gasteiger partial charge on any atom is 0.341 e. The number of carbonyl (C=O) groups excluding carboxylic acids is 2. The highest BCUT2D eigenvalue weighted by molar-refractivity contribution is 5.93. The SMILES string of the molecule is COC(=O)c1cc(C2CC2)c(C2CCC2)cc1O.COC(=O)c1cc(C2CC2)c(C2CCC2)cc1OCc1ccccc1. The number of methoxy groups -OCH3 is 2. The van der Waals surface area contributed by atoms with Gasteiger partial charge >= 0.3 is 11.9 Å². The van der Waals surface area contributed by atoms with Gasteiger partial charge in [-0.05, 0) is 127 Å². The molecule has 4 saturated carbocycles. The molecule has 3 aromatic carbocycles. The van der Waals surface area contributed by atoms with Crippen molar-refractivity contribution in [3.05, 3.63) is 93.5 Å². The Morgan fingerprint density at radius 2 is 1.12 bits per heavy atom. The van der Waals surface area contributed by atoms with Gasteiger partial charge in [0.2, 0.25) is 0 Å². The number of phenolic OH excluding ortho intramolecular Hbond substituents is 1. The van der Waals surface area contributed by atoms with Crippen LogP contribution < -0.4 is 4.74 Å². The molecule has 0 bridgehead atoms. The lowest BCUT2D eigenvalue weighted by Gasteiger charge is -2.29. The topological polar surface area (TPSA) is 82.1 Å². The normalized spacial score (nSPS) is 18.0. The van der Waals surface area contributed by atoms with E-state index in [4.69, 9.17) is 14.2 Å². The first-order chi connectivity index (χ1) is 21.0. The highest BCUT2D eigenvalue weighted by Crippen LogP contribution is 2.50. The zero-order chi connectivity index (χ0) is 29.9. The Bertz CT molecular complexity index is 1460. The van der Waals surface area contributed by atoms with Crippen LogP contribution in [0.1, 0.15) is 136 Å². The second-order valence-corrected chi connectivity index (χ2v) is 12.5. The number of rotatable bonds is 9. The summed E-state index contributed by atoms with van der Waals surface area (Å²) in [5.74, 6) is 2.36. The summed E-state index contributed by atoms with van der Waals surface area (Å²) in [6.45, 7) is 0.456. The molecule has 0 amide bonds. The van der Waals surface area contributed by atoms with Crippen molar-refractivity contribution in [2.45, 2.75) is 94.5 Å². The largest absolute Gasteiger partial charge is 0.507 e. The molecule has 1 N–H and O–H groups in total. The number of carbonyl (C=O) groups is 2. The predicted molar refractivity (Wildman–Crippen MR) is 165 cm³/mol. The van der Waals surface area contributed by atoms with Gasteiger partial charge in [0.25, 0.3) is 0 Å². The van der Waals surface area contributed by atoms with Crippen LogP contribution in [-0.4, -0.2) is 31.3 Å². The molecule has 3 aromatic rings. The Hall–Kier alpha value is -3.80. The molecule has 4 fully saturated rings. The minimum atomic E-state index is -0.449. The van der Waals surface area contributed by atoms with Crippen molar-refractivity contribution in [2.24, 2.45) is 0 Å². The van der Waals surface area contributed by atoms with Crippen LogP contribution in [0.15, 0.2) is 54.6 Å². The van der Waals surface area contributed by atoms with Crippen LogP contribution >= 0.6 is 0 Å². The molecule has 226 valence electrons. The second kappa shape index (κ2) is 12.8. The zero-order valence-corrected chi connectivity index (χ0v) is 25.3. The molecule has 0 radical (unpaired) electrons. The molecule has 4 aliphatic carbocycles. The van der Waals surface area contributed by atoms with Crippen LogP contribution in [0, 0.1) is 0 Å². The summed E-state index contributed by atoms with van der Waals surface area (Å²) in [5.41, 5.74) is 7.22. The molecule has 43 heavy (non-hydrogen) atoms. The van der Waals surface area contributed by atoms with E-state index in [9.17, 15) is 14.7 Å². The van der Waals surface area contributed by atoms with Gasteiger partial charge in [0.05, 0.1) is 14.2 Å². The monoisotopic (exact) mass is 582 g/mol. The lowest BCUT2D eigenvalue weighted by Crippen LogP contribution is -2.14. The Morgan fingerprint density at radius 1 is 0.651 bits per heavy atom. The lowest BCUT2D eigenvalue weighted by molar-refractivity contribution is 0.0587. The summed E-state index contributed by atoms with van der Waals surface area (Å²) in [6.07, 6.45) is 12.3. The zero-order valence-electron chi connectivity index (χ0n) is 25.3. The van der Waals surface area contributed by atoms with E-state index in [-0.39, 0.29) is 11.7 Å². The van der Waals surface area contributed by atoms with E-state index in [1.165, 1.54) is 101 Å². The molecule has 0 heterocycles. The predicted octanol–water partition coefficient (Wildman–Crippen LogP) is 8.52. The van der Waals surface area contributed by atoms with E-state index in [0.29, 0.717) is 47.2 Å². The van der Waals surface area contributed by atoms with Gasteiger partial charge in [-0.3, -0.25) is 0 Å². The summed E-state index contributed by atoms with van der Waals surface area (Å²) in [6, 6.07) is 17.8. The molecule has 0 aromatic heterocycles. The summed E-state index contributed by atoms with van der Waals surface area (Å²) >= 11 is 0. The Balaban J connectivity index is 0.000000162. The van der Waals surface area contributed by atoms with Gasteiger partial charge in [-0.1, -0.05) is 43.2 Å². The van der Waals surface area contributed by atoms with E-state index in [1.54, 1.807) is 6.07 Å². The third-order valence-corrected chi connectivity index (χ3v) is 9.56. The maximum absolute atomic E-state index is 12.3. The van der Waals surface area contributed by atoms with Gasteiger partial charge in [0, 0.05) is 0 Å². The molecule has 0 aliphatic heterocycles. The number of aromatic hydroxyl groups is 1. The highest BCUT2D eigenvalue weighted by Gasteiger charge is 2.34. The van der Waals surface area contributed by atoms with Crippen molar-refractivity contribution in [2.75, 3.05) is 14.2 Å². The first-order valence-electron chi connectivity index (χ1n) is 15.8. The van der Waals surface area contributed by atoms with E-state index >= 15 is 0 Å². The number of esters is 2. The third-order valence-electron chi connectivity index (χ3n) is 9.56. The minimum Gasteiger partial charge on any atom is -0.507 e. The first-order valence-corrected chi connectivity index (χ1v) is 15.8. The average Bonchev–Trinajstić information content (AvgIpc) is 3.89. The number of hydrogen-bond acceptors (Lipinski definition) is 6. The van der Waals surface area contributed by atoms with Crippen molar-refractivity contribution in [3.8, 4) is 11.5 Å². The molecule has 0 atom stereocenters. The maximum atomic E-state index is 12.3. The van der Waals surface area contributed by atoms with Crippen LogP contribution in [-0.2, 0) is 16.1 Å². The van der Waals surface area contributed by atoms with Gasteiger partial charge < -0.3 is 19.3 Å². The van der Waals surface area contributed by atoms with Crippen molar-refractivity contribution >= 4 is 11.9 Å². The Morgan fingerprint density at radius 3 is 1.60 bits per heavy atom. The quantitative estimate of drug-likeness (QED) is 0.255. The number of benzene rings is 3. The van der Waals surface area contributed by atoms with Crippen LogP contribution in [0.4, 0.5) is 0 Å². The van der Waals surface area contributed by atoms with Gasteiger partial charge in [0.15, 0.2) is 0 Å². The summed E-state index contributed by atoms with van der Waals surface area (Å²) in [7, 11) is 2.78. The Kier molecular flexibility index (Phi) is 8.73. The lowest BCUT2D eigenvalue weighted by atomic mass is 9.77. The van der Waals surface area contributed by atoms with Crippen LogP contribution in [0.5, 0.6) is 11.5 Å². The molecule has 0 saturated heterocycles. The van der Waals surface area contributed by atoms with Gasteiger partial charge in [0.1, 0.15) is 29.2 Å². The molecule has 7 rings (SSSR count). The van der Waals surface area contributed by atoms with Gasteiger partial charge in [-0.15, -0.1) is 0 Å². The molecule has 4 aliphatic rings. The van der Waals surface area contributed by atoms with Crippen molar-refractivity contribution < 1.29 is 28.9 Å². The highest BCUT2D eigenvalue weighted by atomic mass is 16.5. The average molecular weight is 583 g/mol. The molecule has 0 spiro atoms. The third kappa shape index (κ3) is 6.58. The number of ether oxygens (including phenoxy) is 3. The van der Waals surface area contributed by atoms with Crippen molar-refractivity contribution in [3.63, 3.8) is 0 Å². The fraction of sp³-hybridized carbons (Fsp3) is 0.459. The van der Waals surface area contributed by atoms with Crippen LogP contribution in [0.3, 0.4) is 0 Å². The minimum absolute atomic E-state index is 0.0631. The summed E-state index contributed by atoms with van der Waals surface area (Å²) in [5, 5.41) is 9.99. The summed E-state index contributed by atoms with van der Waals surface area (Å²) in [4.78, 5) is 23.9.